The number of rotatable bonds is 2. The van der Waals surface area contributed by atoms with Gasteiger partial charge in [0, 0.05) is 0 Å². The molecule has 8 bridgehead atoms. The predicted octanol–water partition coefficient (Wildman–Crippen LogP) is 4.69. The maximum Gasteiger partial charge on any atom is -0.0202 e. The van der Waals surface area contributed by atoms with Gasteiger partial charge in [-0.3, -0.25) is 7.80 Å². The smallest absolute Gasteiger partial charge is 0.0202 e. The number of hydrogen-bond acceptors (Lipinski definition) is 0. The van der Waals surface area contributed by atoms with Crippen LogP contribution in [-0.4, -0.2) is 17.9 Å². The lowest BCUT2D eigenvalue weighted by Gasteiger charge is -2.70. The second-order valence-electron chi connectivity index (χ2n) is 10.4. The van der Waals surface area contributed by atoms with Crippen LogP contribution in [0.15, 0.2) is 0 Å². The Kier molecular flexibility index (Phi) is 2.73. The van der Waals surface area contributed by atoms with Gasteiger partial charge in [0.1, 0.15) is 0 Å². The fourth-order valence-corrected chi connectivity index (χ4v) is 12.0. The molecule has 8 saturated carbocycles. The van der Waals surface area contributed by atoms with Gasteiger partial charge in [0.15, 0.2) is 0 Å². The minimum Gasteiger partial charge on any atom is -0.275 e. The highest BCUT2D eigenvalue weighted by molar-refractivity contribution is 7.84. The Morgan fingerprint density at radius 2 is 0.727 bits per heavy atom. The van der Waals surface area contributed by atoms with E-state index >= 15 is 0 Å². The standard InChI is InChI=1S/C20H33BP/c21-22(19-7-13-1-14(8-19)3-15(2-13)9-19)20-10-16-4-17(11-20)6-18(5-16)12-20/h13-18H,1-12H2,21H3/q-1. The molecule has 0 nitrogen and oxygen atoms in total. The van der Waals surface area contributed by atoms with Crippen molar-refractivity contribution < 1.29 is 0 Å². The molecule has 0 saturated heterocycles. The van der Waals surface area contributed by atoms with Gasteiger partial charge in [-0.15, -0.1) is 0 Å². The third-order valence-electron chi connectivity index (χ3n) is 8.49. The largest absolute Gasteiger partial charge is 0.275 e. The van der Waals surface area contributed by atoms with E-state index in [2.05, 4.69) is 0 Å². The summed E-state index contributed by atoms with van der Waals surface area (Å²) >= 11 is 0. The van der Waals surface area contributed by atoms with Gasteiger partial charge < -0.3 is 0 Å². The molecule has 8 fully saturated rings. The monoisotopic (exact) mass is 315 g/mol. The molecule has 8 aliphatic rings. The molecule has 0 heterocycles. The SMILES string of the molecule is [BH3-]P(C12CC3CC(CC(C3)C1)C2)C12CC3CC(CC(C3)C1)C2. The summed E-state index contributed by atoms with van der Waals surface area (Å²) in [5.41, 5.74) is 0. The first kappa shape index (κ1) is 13.7. The van der Waals surface area contributed by atoms with Gasteiger partial charge in [-0.1, -0.05) is 0 Å². The van der Waals surface area contributed by atoms with Crippen LogP contribution < -0.4 is 0 Å². The highest BCUT2D eigenvalue weighted by Crippen LogP contribution is 2.77. The van der Waals surface area contributed by atoms with E-state index in [0.29, 0.717) is 15.4 Å². The fourth-order valence-electron chi connectivity index (χ4n) is 8.91. The second kappa shape index (κ2) is 4.36. The van der Waals surface area contributed by atoms with Crippen LogP contribution in [0.4, 0.5) is 0 Å². The third-order valence-corrected chi connectivity index (χ3v) is 10.5. The van der Waals surface area contributed by atoms with Crippen molar-refractivity contribution in [3.8, 4) is 0 Å². The van der Waals surface area contributed by atoms with Crippen LogP contribution in [0.3, 0.4) is 0 Å². The molecule has 122 valence electrons. The topological polar surface area (TPSA) is 0 Å². The molecule has 0 unspecified atom stereocenters. The normalized spacial score (nSPS) is 62.6. The van der Waals surface area contributed by atoms with Gasteiger partial charge in [0.05, 0.1) is 0 Å². The van der Waals surface area contributed by atoms with Gasteiger partial charge in [-0.25, -0.2) is 0 Å². The van der Waals surface area contributed by atoms with E-state index in [1.54, 1.807) is 77.0 Å². The lowest BCUT2D eigenvalue weighted by molar-refractivity contribution is 0.0201. The van der Waals surface area contributed by atoms with Crippen LogP contribution in [0, 0.1) is 35.5 Å². The fraction of sp³-hybridized carbons (Fsp3) is 1.00. The minimum absolute atomic E-state index is 0.521. The molecular formula is C20H33BP-. The van der Waals surface area contributed by atoms with Crippen molar-refractivity contribution in [2.75, 3.05) is 0 Å². The summed E-state index contributed by atoms with van der Waals surface area (Å²) < 4.78 is 0. The van der Waals surface area contributed by atoms with Gasteiger partial charge >= 0.3 is 0 Å². The highest BCUT2D eigenvalue weighted by Gasteiger charge is 2.58. The third kappa shape index (κ3) is 1.76. The summed E-state index contributed by atoms with van der Waals surface area (Å²) in [5, 5.41) is 1.96. The molecule has 0 aliphatic heterocycles. The van der Waals surface area contributed by atoms with Crippen molar-refractivity contribution in [2.45, 2.75) is 87.4 Å². The van der Waals surface area contributed by atoms with Gasteiger partial charge in [0.25, 0.3) is 0 Å². The average molecular weight is 315 g/mol. The highest BCUT2D eigenvalue weighted by atomic mass is 31.1. The van der Waals surface area contributed by atoms with Crippen molar-refractivity contribution in [1.29, 1.82) is 0 Å². The van der Waals surface area contributed by atoms with E-state index < -0.39 is 0 Å². The van der Waals surface area contributed by atoms with Gasteiger partial charge in [-0.05, 0) is 130 Å². The van der Waals surface area contributed by atoms with Crippen LogP contribution in [-0.2, 0) is 0 Å². The Bertz CT molecular complexity index is 383. The predicted molar refractivity (Wildman–Crippen MR) is 98.7 cm³/mol. The summed E-state index contributed by atoms with van der Waals surface area (Å²) in [4.78, 5) is 0. The summed E-state index contributed by atoms with van der Waals surface area (Å²) in [5.74, 6) is 7.19. The first-order valence-corrected chi connectivity index (χ1v) is 10.8. The van der Waals surface area contributed by atoms with Crippen molar-refractivity contribution in [2.24, 2.45) is 35.5 Å². The first-order valence-electron chi connectivity index (χ1n) is 9.92. The Morgan fingerprint density at radius 3 is 0.955 bits per heavy atom. The zero-order valence-electron chi connectivity index (χ0n) is 13.4. The van der Waals surface area contributed by atoms with E-state index in [-0.39, 0.29) is 0 Å². The maximum absolute atomic E-state index is 1.73. The molecule has 0 aromatic carbocycles. The van der Waals surface area contributed by atoms with Crippen LogP contribution in [0.1, 0.15) is 77.0 Å². The van der Waals surface area contributed by atoms with Crippen LogP contribution in [0.25, 0.3) is 0 Å². The zero-order valence-corrected chi connectivity index (χ0v) is 14.3. The first-order chi connectivity index (χ1) is 10.6. The molecule has 0 spiro atoms. The number of hydrogen-bond donors (Lipinski definition) is 0. The lowest BCUT2D eigenvalue weighted by atomic mass is 9.55. The van der Waals surface area contributed by atoms with Crippen LogP contribution in [0.2, 0.25) is 0 Å². The van der Waals surface area contributed by atoms with Crippen LogP contribution in [0.5, 0.6) is 0 Å². The Morgan fingerprint density at radius 1 is 0.500 bits per heavy atom. The Hall–Kier alpha value is 0.495. The summed E-state index contributed by atoms with van der Waals surface area (Å²) in [7, 11) is 1.10. The molecule has 8 rings (SSSR count). The van der Waals surface area contributed by atoms with E-state index in [0.717, 1.165) is 10.3 Å². The van der Waals surface area contributed by atoms with E-state index in [1.807, 2.05) is 0 Å². The molecule has 8 aliphatic carbocycles. The lowest BCUT2D eigenvalue weighted by Crippen LogP contribution is -2.56. The van der Waals surface area contributed by atoms with Crippen LogP contribution >= 0.6 is 7.80 Å². The minimum atomic E-state index is 0.521. The Labute approximate surface area is 138 Å². The quantitative estimate of drug-likeness (QED) is 0.512. The molecule has 0 radical (unpaired) electrons. The van der Waals surface area contributed by atoms with E-state index in [1.165, 1.54) is 35.5 Å². The molecule has 0 aromatic heterocycles. The van der Waals surface area contributed by atoms with Crippen molar-refractivity contribution >= 4 is 15.4 Å². The Balaban J connectivity index is 1.36. The zero-order chi connectivity index (χ0) is 14.5. The molecule has 22 heavy (non-hydrogen) atoms. The molecule has 0 amide bonds. The van der Waals surface area contributed by atoms with Crippen molar-refractivity contribution in [3.05, 3.63) is 0 Å². The molecule has 0 atom stereocenters. The van der Waals surface area contributed by atoms with Gasteiger partial charge in [0.2, 0.25) is 0 Å². The summed E-state index contributed by atoms with van der Waals surface area (Å²) in [6.07, 6.45) is 20.3. The average Bonchev–Trinajstić information content (AvgIpc) is 2.43. The maximum atomic E-state index is 1.73. The molecular weight excluding hydrogens is 282 g/mol. The summed E-state index contributed by atoms with van der Waals surface area (Å²) in [6.45, 7) is 0. The van der Waals surface area contributed by atoms with Gasteiger partial charge in [-0.2, -0.15) is 0 Å². The second-order valence-corrected chi connectivity index (χ2v) is 12.5. The molecule has 0 aromatic rings. The van der Waals surface area contributed by atoms with E-state index in [9.17, 15) is 0 Å². The van der Waals surface area contributed by atoms with Crippen molar-refractivity contribution in [3.63, 3.8) is 0 Å². The summed E-state index contributed by atoms with van der Waals surface area (Å²) in [6, 6.07) is 0. The van der Waals surface area contributed by atoms with E-state index in [4.69, 9.17) is 0 Å². The molecule has 0 N–H and O–H groups in total. The molecule has 2 heteroatoms. The van der Waals surface area contributed by atoms with Crippen molar-refractivity contribution in [1.82, 2.24) is 0 Å².